The Kier molecular flexibility index (Phi) is 4.55. The van der Waals surface area contributed by atoms with Gasteiger partial charge in [0.1, 0.15) is 0 Å². The average Bonchev–Trinajstić information content (AvgIpc) is 2.74. The van der Waals surface area contributed by atoms with E-state index in [4.69, 9.17) is 0 Å². The van der Waals surface area contributed by atoms with Gasteiger partial charge in [-0.3, -0.25) is 9.59 Å². The van der Waals surface area contributed by atoms with Crippen LogP contribution < -0.4 is 0 Å². The Balaban J connectivity index is 2.08. The molecule has 0 spiro atoms. The van der Waals surface area contributed by atoms with Gasteiger partial charge >= 0.3 is 0 Å². The Morgan fingerprint density at radius 2 is 1.75 bits per heavy atom. The minimum Gasteiger partial charge on any atom is -0.332 e. The molecule has 2 rings (SSSR count). The van der Waals surface area contributed by atoms with Gasteiger partial charge in [0.15, 0.2) is 5.78 Å². The molecule has 1 amide bonds. The lowest BCUT2D eigenvalue weighted by Crippen LogP contribution is -2.44. The van der Waals surface area contributed by atoms with Crippen molar-refractivity contribution >= 4 is 11.7 Å². The van der Waals surface area contributed by atoms with Crippen molar-refractivity contribution in [3.05, 3.63) is 0 Å². The summed E-state index contributed by atoms with van der Waals surface area (Å²) in [5.74, 6) is 0.945. The number of hydrogen-bond donors (Lipinski definition) is 0. The molecular formula is C17H29NO2. The van der Waals surface area contributed by atoms with Crippen molar-refractivity contribution < 1.29 is 9.59 Å². The summed E-state index contributed by atoms with van der Waals surface area (Å²) in [6, 6.07) is -0.191. The first-order valence-electron chi connectivity index (χ1n) is 8.13. The van der Waals surface area contributed by atoms with Gasteiger partial charge in [0.05, 0.1) is 6.04 Å². The van der Waals surface area contributed by atoms with Gasteiger partial charge in [0.2, 0.25) is 5.91 Å². The monoisotopic (exact) mass is 279 g/mol. The van der Waals surface area contributed by atoms with Gasteiger partial charge in [0, 0.05) is 12.5 Å². The lowest BCUT2D eigenvalue weighted by atomic mass is 9.80. The van der Waals surface area contributed by atoms with Crippen LogP contribution in [0.2, 0.25) is 0 Å². The molecule has 1 saturated heterocycles. The molecule has 2 aliphatic rings. The Morgan fingerprint density at radius 1 is 1.15 bits per heavy atom. The lowest BCUT2D eigenvalue weighted by molar-refractivity contribution is -0.141. The van der Waals surface area contributed by atoms with Crippen LogP contribution >= 0.6 is 0 Å². The largest absolute Gasteiger partial charge is 0.332 e. The van der Waals surface area contributed by atoms with Crippen molar-refractivity contribution in [2.24, 2.45) is 17.3 Å². The smallest absolute Gasteiger partial charge is 0.226 e. The molecule has 3 heteroatoms. The Morgan fingerprint density at radius 3 is 2.30 bits per heavy atom. The van der Waals surface area contributed by atoms with Gasteiger partial charge in [-0.05, 0) is 37.5 Å². The van der Waals surface area contributed by atoms with E-state index < -0.39 is 0 Å². The second kappa shape index (κ2) is 5.87. The van der Waals surface area contributed by atoms with E-state index in [0.717, 1.165) is 13.0 Å². The first-order chi connectivity index (χ1) is 9.32. The van der Waals surface area contributed by atoms with E-state index in [2.05, 4.69) is 20.8 Å². The summed E-state index contributed by atoms with van der Waals surface area (Å²) in [4.78, 5) is 26.6. The van der Waals surface area contributed by atoms with Crippen LogP contribution in [0.1, 0.15) is 66.2 Å². The summed E-state index contributed by atoms with van der Waals surface area (Å²) in [6.45, 7) is 8.73. The lowest BCUT2D eigenvalue weighted by Gasteiger charge is -2.32. The topological polar surface area (TPSA) is 37.4 Å². The third-order valence-electron chi connectivity index (χ3n) is 5.22. The van der Waals surface area contributed by atoms with E-state index in [0.29, 0.717) is 5.92 Å². The standard InChI is InChI=1S/C17H29NO2/c1-12(14-8-6-5-7-9-14)16(20)18-11-17(3,4)10-15(18)13(2)19/h12,14-15H,5-11H2,1-4H3/t12-,15-/m0/s1. The highest BCUT2D eigenvalue weighted by Gasteiger charge is 2.44. The van der Waals surface area contributed by atoms with E-state index in [1.807, 2.05) is 4.90 Å². The number of hydrogen-bond acceptors (Lipinski definition) is 2. The normalized spacial score (nSPS) is 28.4. The number of likely N-dealkylation sites (tertiary alicyclic amines) is 1. The van der Waals surface area contributed by atoms with E-state index >= 15 is 0 Å². The van der Waals surface area contributed by atoms with Crippen molar-refractivity contribution in [3.8, 4) is 0 Å². The van der Waals surface area contributed by atoms with Crippen LogP contribution in [0.5, 0.6) is 0 Å². The zero-order valence-electron chi connectivity index (χ0n) is 13.4. The van der Waals surface area contributed by atoms with Gasteiger partial charge in [-0.15, -0.1) is 0 Å². The predicted molar refractivity (Wildman–Crippen MR) is 80.3 cm³/mol. The van der Waals surface area contributed by atoms with Crippen molar-refractivity contribution in [2.75, 3.05) is 6.54 Å². The summed E-state index contributed by atoms with van der Waals surface area (Å²) in [5, 5.41) is 0. The predicted octanol–water partition coefficient (Wildman–Crippen LogP) is 3.42. The Bertz CT molecular complexity index is 382. The number of nitrogens with zero attached hydrogens (tertiary/aromatic N) is 1. The molecule has 0 aromatic heterocycles. The second-order valence-corrected chi connectivity index (χ2v) is 7.65. The maximum Gasteiger partial charge on any atom is 0.226 e. The van der Waals surface area contributed by atoms with Crippen LogP contribution in [-0.4, -0.2) is 29.2 Å². The molecular weight excluding hydrogens is 250 g/mol. The Labute approximate surface area is 123 Å². The second-order valence-electron chi connectivity index (χ2n) is 7.65. The molecule has 2 fully saturated rings. The van der Waals surface area contributed by atoms with Crippen molar-refractivity contribution in [1.82, 2.24) is 4.90 Å². The van der Waals surface area contributed by atoms with Crippen molar-refractivity contribution in [1.29, 1.82) is 0 Å². The molecule has 0 radical (unpaired) electrons. The van der Waals surface area contributed by atoms with Crippen molar-refractivity contribution in [3.63, 3.8) is 0 Å². The molecule has 1 aliphatic heterocycles. The maximum absolute atomic E-state index is 12.8. The third-order valence-corrected chi connectivity index (χ3v) is 5.22. The quantitative estimate of drug-likeness (QED) is 0.794. The summed E-state index contributed by atoms with van der Waals surface area (Å²) >= 11 is 0. The number of amides is 1. The summed E-state index contributed by atoms with van der Waals surface area (Å²) in [6.07, 6.45) is 6.98. The summed E-state index contributed by atoms with van der Waals surface area (Å²) in [5.41, 5.74) is 0.0677. The van der Waals surface area contributed by atoms with E-state index in [9.17, 15) is 9.59 Å². The molecule has 0 aromatic carbocycles. The van der Waals surface area contributed by atoms with Gasteiger partial charge in [-0.25, -0.2) is 0 Å². The minimum absolute atomic E-state index is 0.0677. The van der Waals surface area contributed by atoms with Gasteiger partial charge in [-0.1, -0.05) is 40.0 Å². The van der Waals surface area contributed by atoms with Crippen molar-refractivity contribution in [2.45, 2.75) is 72.3 Å². The zero-order chi connectivity index (χ0) is 14.9. The van der Waals surface area contributed by atoms with Crippen LogP contribution in [0.4, 0.5) is 0 Å². The third kappa shape index (κ3) is 3.24. The minimum atomic E-state index is -0.191. The number of carbonyl (C=O) groups excluding carboxylic acids is 2. The molecule has 1 saturated carbocycles. The molecule has 0 aromatic rings. The van der Waals surface area contributed by atoms with Gasteiger partial charge in [-0.2, -0.15) is 0 Å². The number of ketones is 1. The van der Waals surface area contributed by atoms with E-state index in [-0.39, 0.29) is 29.1 Å². The fraction of sp³-hybridized carbons (Fsp3) is 0.882. The molecule has 1 aliphatic carbocycles. The number of carbonyl (C=O) groups is 2. The average molecular weight is 279 g/mol. The summed E-state index contributed by atoms with van der Waals surface area (Å²) in [7, 11) is 0. The van der Waals surface area contributed by atoms with Crippen LogP contribution in [0, 0.1) is 17.3 Å². The SMILES string of the molecule is CC(=O)[C@@H]1CC(C)(C)CN1C(=O)[C@@H](C)C1CCCCC1. The highest BCUT2D eigenvalue weighted by Crippen LogP contribution is 2.37. The zero-order valence-corrected chi connectivity index (χ0v) is 13.4. The van der Waals surface area contributed by atoms with Crippen LogP contribution in [0.15, 0.2) is 0 Å². The first kappa shape index (κ1) is 15.5. The van der Waals surface area contributed by atoms with E-state index in [1.54, 1.807) is 6.92 Å². The maximum atomic E-state index is 12.8. The van der Waals surface area contributed by atoms with E-state index in [1.165, 1.54) is 32.1 Å². The molecule has 2 atom stereocenters. The molecule has 0 bridgehead atoms. The number of rotatable bonds is 3. The highest BCUT2D eigenvalue weighted by molar-refractivity contribution is 5.89. The number of Topliss-reactive ketones (excluding diaryl/α,β-unsaturated/α-hetero) is 1. The van der Waals surface area contributed by atoms with Crippen LogP contribution in [0.25, 0.3) is 0 Å². The summed E-state index contributed by atoms with van der Waals surface area (Å²) < 4.78 is 0. The van der Waals surface area contributed by atoms with Crippen LogP contribution in [0.3, 0.4) is 0 Å². The Hall–Kier alpha value is -0.860. The fourth-order valence-electron chi connectivity index (χ4n) is 3.96. The fourth-order valence-corrected chi connectivity index (χ4v) is 3.96. The van der Waals surface area contributed by atoms with Crippen LogP contribution in [-0.2, 0) is 9.59 Å². The van der Waals surface area contributed by atoms with Gasteiger partial charge in [0.25, 0.3) is 0 Å². The molecule has 20 heavy (non-hydrogen) atoms. The molecule has 114 valence electrons. The van der Waals surface area contributed by atoms with Gasteiger partial charge < -0.3 is 4.90 Å². The first-order valence-corrected chi connectivity index (χ1v) is 8.13. The molecule has 1 heterocycles. The molecule has 0 unspecified atom stereocenters. The molecule has 0 N–H and O–H groups in total. The highest BCUT2D eigenvalue weighted by atomic mass is 16.2. The molecule has 3 nitrogen and oxygen atoms in total.